The number of aliphatic carboxylic acids is 1. The van der Waals surface area contributed by atoms with Gasteiger partial charge in [0.2, 0.25) is 5.91 Å². The van der Waals surface area contributed by atoms with E-state index in [4.69, 9.17) is 5.11 Å². The quantitative estimate of drug-likeness (QED) is 0.761. The summed E-state index contributed by atoms with van der Waals surface area (Å²) in [5.74, 6) is -1.11. The summed E-state index contributed by atoms with van der Waals surface area (Å²) >= 11 is 0. The van der Waals surface area contributed by atoms with Gasteiger partial charge in [-0.3, -0.25) is 9.59 Å². The van der Waals surface area contributed by atoms with E-state index in [0.29, 0.717) is 19.5 Å². The van der Waals surface area contributed by atoms with Crippen molar-refractivity contribution in [2.24, 2.45) is 11.3 Å². The van der Waals surface area contributed by atoms with Crippen LogP contribution in [-0.2, 0) is 9.59 Å². The number of hydrogen-bond acceptors (Lipinski definition) is 3. The van der Waals surface area contributed by atoms with Crippen molar-refractivity contribution in [2.45, 2.75) is 39.2 Å². The average Bonchev–Trinajstić information content (AvgIpc) is 2.77. The van der Waals surface area contributed by atoms with Crippen molar-refractivity contribution in [3.63, 3.8) is 0 Å². The van der Waals surface area contributed by atoms with Gasteiger partial charge < -0.3 is 15.3 Å². The number of likely N-dealkylation sites (tertiary alicyclic amines) is 1. The molecule has 0 aromatic rings. The molecule has 18 heavy (non-hydrogen) atoms. The van der Waals surface area contributed by atoms with Crippen LogP contribution in [0.1, 0.15) is 33.1 Å². The lowest BCUT2D eigenvalue weighted by atomic mass is 9.77. The summed E-state index contributed by atoms with van der Waals surface area (Å²) in [5, 5.41) is 12.3. The molecule has 0 aromatic carbocycles. The Bertz CT molecular complexity index is 354. The first-order chi connectivity index (χ1) is 8.42. The van der Waals surface area contributed by atoms with Crippen molar-refractivity contribution < 1.29 is 14.7 Å². The Morgan fingerprint density at radius 3 is 2.67 bits per heavy atom. The summed E-state index contributed by atoms with van der Waals surface area (Å²) in [4.78, 5) is 25.1. The maximum atomic E-state index is 12.5. The van der Waals surface area contributed by atoms with Gasteiger partial charge in [-0.05, 0) is 31.2 Å². The van der Waals surface area contributed by atoms with Crippen LogP contribution in [0.5, 0.6) is 0 Å². The van der Waals surface area contributed by atoms with E-state index in [1.54, 1.807) is 4.90 Å². The second-order valence-corrected chi connectivity index (χ2v) is 6.09. The zero-order valence-corrected chi connectivity index (χ0v) is 11.1. The van der Waals surface area contributed by atoms with Crippen LogP contribution in [0.25, 0.3) is 0 Å². The summed E-state index contributed by atoms with van der Waals surface area (Å²) in [6, 6.07) is -0.168. The summed E-state index contributed by atoms with van der Waals surface area (Å²) in [6.07, 6.45) is 2.70. The van der Waals surface area contributed by atoms with E-state index in [-0.39, 0.29) is 23.3 Å². The Labute approximate surface area is 108 Å². The highest BCUT2D eigenvalue weighted by Gasteiger charge is 2.41. The van der Waals surface area contributed by atoms with E-state index in [1.807, 2.05) is 0 Å². The molecule has 0 spiro atoms. The van der Waals surface area contributed by atoms with Crippen molar-refractivity contribution in [2.75, 3.05) is 19.6 Å². The molecule has 102 valence electrons. The lowest BCUT2D eigenvalue weighted by Crippen LogP contribution is -2.56. The number of nitrogens with one attached hydrogen (secondary N) is 1. The average molecular weight is 254 g/mol. The minimum absolute atomic E-state index is 0.0450. The van der Waals surface area contributed by atoms with E-state index in [9.17, 15) is 9.59 Å². The fourth-order valence-electron chi connectivity index (χ4n) is 2.98. The van der Waals surface area contributed by atoms with Gasteiger partial charge in [0.05, 0.1) is 12.0 Å². The monoisotopic (exact) mass is 254 g/mol. The van der Waals surface area contributed by atoms with Crippen LogP contribution >= 0.6 is 0 Å². The number of carboxylic acids is 1. The second kappa shape index (κ2) is 4.88. The molecule has 2 heterocycles. The van der Waals surface area contributed by atoms with Gasteiger partial charge in [0.15, 0.2) is 0 Å². The van der Waals surface area contributed by atoms with E-state index in [1.165, 1.54) is 0 Å². The first kappa shape index (κ1) is 13.3. The molecule has 0 radical (unpaired) electrons. The molecule has 2 atom stereocenters. The molecule has 0 aromatic heterocycles. The number of amides is 1. The SMILES string of the molecule is CC1(C)CCCNC1C(=O)N1CCC(C(=O)O)C1. The van der Waals surface area contributed by atoms with Crippen molar-refractivity contribution in [3.05, 3.63) is 0 Å². The first-order valence-corrected chi connectivity index (χ1v) is 6.67. The number of carbonyl (C=O) groups excluding carboxylic acids is 1. The molecule has 2 saturated heterocycles. The Kier molecular flexibility index (Phi) is 3.61. The van der Waals surface area contributed by atoms with Gasteiger partial charge >= 0.3 is 5.97 Å². The number of rotatable bonds is 2. The zero-order chi connectivity index (χ0) is 13.3. The molecular formula is C13H22N2O3. The van der Waals surface area contributed by atoms with E-state index in [2.05, 4.69) is 19.2 Å². The van der Waals surface area contributed by atoms with Crippen molar-refractivity contribution in [3.8, 4) is 0 Å². The van der Waals surface area contributed by atoms with Crippen LogP contribution in [0.15, 0.2) is 0 Å². The fourth-order valence-corrected chi connectivity index (χ4v) is 2.98. The number of piperidine rings is 1. The third-order valence-electron chi connectivity index (χ3n) is 4.22. The molecule has 2 aliphatic rings. The normalized spacial score (nSPS) is 31.3. The molecule has 0 aliphatic carbocycles. The highest BCUT2D eigenvalue weighted by atomic mass is 16.4. The lowest BCUT2D eigenvalue weighted by molar-refractivity contribution is -0.141. The largest absolute Gasteiger partial charge is 0.481 e. The number of carbonyl (C=O) groups is 2. The van der Waals surface area contributed by atoms with Gasteiger partial charge in [-0.2, -0.15) is 0 Å². The van der Waals surface area contributed by atoms with Crippen molar-refractivity contribution in [1.29, 1.82) is 0 Å². The highest BCUT2D eigenvalue weighted by molar-refractivity contribution is 5.84. The molecule has 0 saturated carbocycles. The van der Waals surface area contributed by atoms with Crippen LogP contribution in [0.2, 0.25) is 0 Å². The van der Waals surface area contributed by atoms with Crippen molar-refractivity contribution in [1.82, 2.24) is 10.2 Å². The number of hydrogen-bond donors (Lipinski definition) is 2. The van der Waals surface area contributed by atoms with Gasteiger partial charge in [0.1, 0.15) is 0 Å². The predicted molar refractivity (Wildman–Crippen MR) is 67.1 cm³/mol. The molecule has 2 rings (SSSR count). The van der Waals surface area contributed by atoms with Crippen LogP contribution in [0, 0.1) is 11.3 Å². The highest BCUT2D eigenvalue weighted by Crippen LogP contribution is 2.32. The van der Waals surface area contributed by atoms with Gasteiger partial charge in [0.25, 0.3) is 0 Å². The van der Waals surface area contributed by atoms with Crippen LogP contribution in [0.4, 0.5) is 0 Å². The van der Waals surface area contributed by atoms with Crippen LogP contribution < -0.4 is 5.32 Å². The number of carboxylic acid groups (broad SMARTS) is 1. The summed E-state index contributed by atoms with van der Waals surface area (Å²) < 4.78 is 0. The Morgan fingerprint density at radius 1 is 1.39 bits per heavy atom. The van der Waals surface area contributed by atoms with Gasteiger partial charge in [-0.1, -0.05) is 13.8 Å². The lowest BCUT2D eigenvalue weighted by Gasteiger charge is -2.40. The molecule has 0 bridgehead atoms. The molecule has 2 aliphatic heterocycles. The predicted octanol–water partition coefficient (Wildman–Crippen LogP) is 0.698. The van der Waals surface area contributed by atoms with Crippen LogP contribution in [0.3, 0.4) is 0 Å². The molecular weight excluding hydrogens is 232 g/mol. The van der Waals surface area contributed by atoms with E-state index in [0.717, 1.165) is 19.4 Å². The maximum absolute atomic E-state index is 12.5. The molecule has 5 nitrogen and oxygen atoms in total. The minimum atomic E-state index is -0.791. The van der Waals surface area contributed by atoms with Gasteiger partial charge in [0, 0.05) is 13.1 Å². The van der Waals surface area contributed by atoms with Gasteiger partial charge in [-0.25, -0.2) is 0 Å². The topological polar surface area (TPSA) is 69.6 Å². The van der Waals surface area contributed by atoms with Crippen LogP contribution in [-0.4, -0.2) is 47.6 Å². The van der Waals surface area contributed by atoms with E-state index >= 15 is 0 Å². The summed E-state index contributed by atoms with van der Waals surface area (Å²) in [6.45, 7) is 6.02. The Hall–Kier alpha value is -1.10. The van der Waals surface area contributed by atoms with E-state index < -0.39 is 5.97 Å². The first-order valence-electron chi connectivity index (χ1n) is 6.67. The third kappa shape index (κ3) is 2.51. The second-order valence-electron chi connectivity index (χ2n) is 6.09. The minimum Gasteiger partial charge on any atom is -0.481 e. The maximum Gasteiger partial charge on any atom is 0.308 e. The summed E-state index contributed by atoms with van der Waals surface area (Å²) in [7, 11) is 0. The fraction of sp³-hybridized carbons (Fsp3) is 0.846. The molecule has 2 fully saturated rings. The van der Waals surface area contributed by atoms with Crippen molar-refractivity contribution >= 4 is 11.9 Å². The molecule has 2 unspecified atom stereocenters. The molecule has 1 amide bonds. The molecule has 2 N–H and O–H groups in total. The summed E-state index contributed by atoms with van der Waals surface area (Å²) in [5.41, 5.74) is -0.0450. The van der Waals surface area contributed by atoms with Gasteiger partial charge in [-0.15, -0.1) is 0 Å². The third-order valence-corrected chi connectivity index (χ3v) is 4.22. The molecule has 5 heteroatoms. The zero-order valence-electron chi connectivity index (χ0n) is 11.1. The number of nitrogens with zero attached hydrogens (tertiary/aromatic N) is 1. The Balaban J connectivity index is 2.01. The standard InChI is InChI=1S/C13H22N2O3/c1-13(2)5-3-6-14-10(13)11(16)15-7-4-9(8-15)12(17)18/h9-10,14H,3-8H2,1-2H3,(H,17,18). The smallest absolute Gasteiger partial charge is 0.308 e. The Morgan fingerprint density at radius 2 is 2.11 bits per heavy atom.